The van der Waals surface area contributed by atoms with Crippen LogP contribution in [0, 0.1) is 0 Å². The highest BCUT2D eigenvalue weighted by Gasteiger charge is 2.19. The van der Waals surface area contributed by atoms with E-state index in [1.54, 1.807) is 0 Å². The lowest BCUT2D eigenvalue weighted by Gasteiger charge is -2.37. The number of hydrogen-bond acceptors (Lipinski definition) is 3. The molecule has 6 nitrogen and oxygen atoms in total. The molecule has 1 fully saturated rings. The van der Waals surface area contributed by atoms with E-state index in [1.807, 2.05) is 43.3 Å². The van der Waals surface area contributed by atoms with Crippen LogP contribution in [-0.4, -0.2) is 56.0 Å². The summed E-state index contributed by atoms with van der Waals surface area (Å²) in [6.07, 6.45) is 0. The van der Waals surface area contributed by atoms with Gasteiger partial charge in [-0.15, -0.1) is 0 Å². The van der Waals surface area contributed by atoms with Crippen LogP contribution in [0.2, 0.25) is 0 Å². The summed E-state index contributed by atoms with van der Waals surface area (Å²) in [7, 11) is 0. The molecule has 1 heterocycles. The minimum Gasteiger partial charge on any atom is -0.368 e. The first-order valence-electron chi connectivity index (χ1n) is 9.90. The fraction of sp³-hybridized carbons (Fsp3) is 0.364. The fourth-order valence-corrected chi connectivity index (χ4v) is 3.24. The van der Waals surface area contributed by atoms with Crippen molar-refractivity contribution in [3.8, 4) is 0 Å². The van der Waals surface area contributed by atoms with E-state index in [9.17, 15) is 4.79 Å². The van der Waals surface area contributed by atoms with E-state index in [1.165, 1.54) is 5.69 Å². The third-order valence-electron chi connectivity index (χ3n) is 4.74. The maximum atomic E-state index is 12.2. The van der Waals surface area contributed by atoms with Gasteiger partial charge in [0.1, 0.15) is 6.54 Å². The summed E-state index contributed by atoms with van der Waals surface area (Å²) in [5, 5.41) is 6.24. The lowest BCUT2D eigenvalue weighted by Crippen LogP contribution is -2.52. The number of aliphatic imine (C=N–C) groups is 1. The van der Waals surface area contributed by atoms with Crippen LogP contribution in [0.3, 0.4) is 0 Å². The van der Waals surface area contributed by atoms with Crippen molar-refractivity contribution in [2.24, 2.45) is 4.99 Å². The number of para-hydroxylation sites is 1. The monoisotopic (exact) mass is 379 g/mol. The molecule has 6 heteroatoms. The van der Waals surface area contributed by atoms with E-state index >= 15 is 0 Å². The number of piperazine rings is 1. The van der Waals surface area contributed by atoms with E-state index < -0.39 is 0 Å². The highest BCUT2D eigenvalue weighted by molar-refractivity contribution is 5.85. The third kappa shape index (κ3) is 5.74. The molecule has 0 saturated carbocycles. The number of benzene rings is 2. The van der Waals surface area contributed by atoms with Crippen molar-refractivity contribution in [2.75, 3.05) is 44.2 Å². The Bertz CT molecular complexity index is 755. The summed E-state index contributed by atoms with van der Waals surface area (Å²) in [5.74, 6) is 0.743. The summed E-state index contributed by atoms with van der Waals surface area (Å²) in [6.45, 7) is 7.13. The second kappa shape index (κ2) is 10.3. The molecule has 0 radical (unpaired) electrons. The highest BCUT2D eigenvalue weighted by atomic mass is 16.1. The first-order valence-corrected chi connectivity index (χ1v) is 9.90. The fourth-order valence-electron chi connectivity index (χ4n) is 3.24. The van der Waals surface area contributed by atoms with Crippen molar-refractivity contribution in [3.63, 3.8) is 0 Å². The van der Waals surface area contributed by atoms with Crippen molar-refractivity contribution in [2.45, 2.75) is 13.5 Å². The Balaban J connectivity index is 1.50. The zero-order valence-corrected chi connectivity index (χ0v) is 16.5. The Morgan fingerprint density at radius 3 is 2.21 bits per heavy atom. The predicted molar refractivity (Wildman–Crippen MR) is 114 cm³/mol. The van der Waals surface area contributed by atoms with Crippen molar-refractivity contribution < 1.29 is 4.79 Å². The molecular weight excluding hydrogens is 350 g/mol. The van der Waals surface area contributed by atoms with Gasteiger partial charge in [0.15, 0.2) is 5.96 Å². The molecule has 148 valence electrons. The number of nitrogens with one attached hydrogen (secondary N) is 2. The van der Waals surface area contributed by atoms with Gasteiger partial charge in [0.25, 0.3) is 0 Å². The van der Waals surface area contributed by atoms with Crippen LogP contribution in [0.4, 0.5) is 5.69 Å². The van der Waals surface area contributed by atoms with Crippen LogP contribution in [0.25, 0.3) is 0 Å². The zero-order chi connectivity index (χ0) is 19.6. The van der Waals surface area contributed by atoms with Crippen LogP contribution < -0.4 is 15.5 Å². The van der Waals surface area contributed by atoms with Gasteiger partial charge in [-0.05, 0) is 24.6 Å². The summed E-state index contributed by atoms with van der Waals surface area (Å²) in [4.78, 5) is 21.3. The van der Waals surface area contributed by atoms with Crippen LogP contribution in [-0.2, 0) is 11.3 Å². The quantitative estimate of drug-likeness (QED) is 0.596. The number of guanidine groups is 1. The second-order valence-corrected chi connectivity index (χ2v) is 6.74. The molecule has 28 heavy (non-hydrogen) atoms. The Labute approximate surface area is 167 Å². The maximum absolute atomic E-state index is 12.2. The number of anilines is 1. The molecule has 1 saturated heterocycles. The maximum Gasteiger partial charge on any atom is 0.242 e. The average Bonchev–Trinajstić information content (AvgIpc) is 2.76. The van der Waals surface area contributed by atoms with Crippen LogP contribution in [0.15, 0.2) is 65.7 Å². The summed E-state index contributed by atoms with van der Waals surface area (Å²) in [5.41, 5.74) is 2.34. The lowest BCUT2D eigenvalue weighted by molar-refractivity contribution is -0.119. The molecule has 0 unspecified atom stereocenters. The van der Waals surface area contributed by atoms with E-state index in [-0.39, 0.29) is 12.5 Å². The van der Waals surface area contributed by atoms with E-state index in [0.29, 0.717) is 6.54 Å². The smallest absolute Gasteiger partial charge is 0.242 e. The SMILES string of the molecule is CCNC(=NCC(=O)NCc1ccccc1)N1CCN(c2ccccc2)CC1. The van der Waals surface area contributed by atoms with Gasteiger partial charge in [-0.1, -0.05) is 48.5 Å². The van der Waals surface area contributed by atoms with Gasteiger partial charge in [0.2, 0.25) is 5.91 Å². The van der Waals surface area contributed by atoms with Crippen LogP contribution in [0.1, 0.15) is 12.5 Å². The normalized spacial score (nSPS) is 14.7. The predicted octanol–water partition coefficient (Wildman–Crippen LogP) is 2.09. The molecule has 1 aliphatic rings. The second-order valence-electron chi connectivity index (χ2n) is 6.74. The first-order chi connectivity index (χ1) is 13.8. The molecule has 2 aromatic carbocycles. The Hall–Kier alpha value is -3.02. The molecule has 0 aromatic heterocycles. The number of carbonyl (C=O) groups is 1. The summed E-state index contributed by atoms with van der Waals surface area (Å²) in [6, 6.07) is 20.4. The van der Waals surface area contributed by atoms with Gasteiger partial charge >= 0.3 is 0 Å². The van der Waals surface area contributed by atoms with Gasteiger partial charge < -0.3 is 20.4 Å². The molecular formula is C22H29N5O. The average molecular weight is 380 g/mol. The van der Waals surface area contributed by atoms with Crippen LogP contribution >= 0.6 is 0 Å². The van der Waals surface area contributed by atoms with Gasteiger partial charge in [-0.25, -0.2) is 4.99 Å². The highest BCUT2D eigenvalue weighted by Crippen LogP contribution is 2.15. The summed E-state index contributed by atoms with van der Waals surface area (Å²) < 4.78 is 0. The molecule has 2 aromatic rings. The molecule has 1 aliphatic heterocycles. The van der Waals surface area contributed by atoms with E-state index in [0.717, 1.165) is 44.2 Å². The standard InChI is InChI=1S/C22H29N5O/c1-2-23-22(25-18-21(28)24-17-19-9-5-3-6-10-19)27-15-13-26(14-16-27)20-11-7-4-8-12-20/h3-12H,2,13-18H2,1H3,(H,23,25)(H,24,28). The van der Waals surface area contributed by atoms with Gasteiger partial charge in [0, 0.05) is 45.0 Å². The lowest BCUT2D eigenvalue weighted by atomic mass is 10.2. The number of hydrogen-bond donors (Lipinski definition) is 2. The Morgan fingerprint density at radius 2 is 1.57 bits per heavy atom. The zero-order valence-electron chi connectivity index (χ0n) is 16.5. The van der Waals surface area contributed by atoms with Crippen LogP contribution in [0.5, 0.6) is 0 Å². The molecule has 0 spiro atoms. The molecule has 1 amide bonds. The molecule has 0 atom stereocenters. The van der Waals surface area contributed by atoms with Gasteiger partial charge in [-0.2, -0.15) is 0 Å². The first kappa shape index (κ1) is 19.7. The number of carbonyl (C=O) groups excluding carboxylic acids is 1. The topological polar surface area (TPSA) is 60.0 Å². The summed E-state index contributed by atoms with van der Waals surface area (Å²) >= 11 is 0. The molecule has 0 bridgehead atoms. The van der Waals surface area contributed by atoms with Crippen molar-refractivity contribution in [3.05, 3.63) is 66.2 Å². The molecule has 2 N–H and O–H groups in total. The number of rotatable bonds is 6. The van der Waals surface area contributed by atoms with E-state index in [2.05, 4.69) is 49.7 Å². The minimum absolute atomic E-state index is 0.0674. The van der Waals surface area contributed by atoms with E-state index in [4.69, 9.17) is 0 Å². The van der Waals surface area contributed by atoms with Crippen molar-refractivity contribution in [1.82, 2.24) is 15.5 Å². The largest absolute Gasteiger partial charge is 0.368 e. The van der Waals surface area contributed by atoms with Gasteiger partial charge in [0.05, 0.1) is 0 Å². The molecule has 3 rings (SSSR count). The number of nitrogens with zero attached hydrogens (tertiary/aromatic N) is 3. The number of amides is 1. The van der Waals surface area contributed by atoms with Crippen molar-refractivity contribution in [1.29, 1.82) is 0 Å². The third-order valence-corrected chi connectivity index (χ3v) is 4.74. The Kier molecular flexibility index (Phi) is 7.29. The van der Waals surface area contributed by atoms with Crippen molar-refractivity contribution >= 4 is 17.6 Å². The minimum atomic E-state index is -0.0674. The van der Waals surface area contributed by atoms with Gasteiger partial charge in [-0.3, -0.25) is 4.79 Å². The molecule has 0 aliphatic carbocycles. The Morgan fingerprint density at radius 1 is 0.929 bits per heavy atom.